The number of hydrogen-bond donors (Lipinski definition) is 1. The Morgan fingerprint density at radius 2 is 1.71 bits per heavy atom. The van der Waals surface area contributed by atoms with Crippen LogP contribution in [0.1, 0.15) is 17.5 Å². The summed E-state index contributed by atoms with van der Waals surface area (Å²) in [5, 5.41) is 15.7. The third kappa shape index (κ3) is 4.82. The van der Waals surface area contributed by atoms with Gasteiger partial charge in [0.25, 0.3) is 0 Å². The standard InChI is InChI=1S/C19H17ClF3N3O2/c20-14-5-7-15(8-6-14)28-10-9-18(27,11-26-13-24-12-25-26)16-3-1-2-4-17(16)19(21,22)23/h1-8,12-13,27H,9-11H2. The van der Waals surface area contributed by atoms with Gasteiger partial charge in [-0.1, -0.05) is 29.8 Å². The van der Waals surface area contributed by atoms with Crippen LogP contribution in [0.3, 0.4) is 0 Å². The predicted octanol–water partition coefficient (Wildman–Crippen LogP) is 4.31. The van der Waals surface area contributed by atoms with E-state index in [2.05, 4.69) is 10.1 Å². The lowest BCUT2D eigenvalue weighted by Gasteiger charge is -2.31. The number of alkyl halides is 3. The van der Waals surface area contributed by atoms with Crippen LogP contribution in [0, 0.1) is 0 Å². The van der Waals surface area contributed by atoms with Gasteiger partial charge in [0.2, 0.25) is 0 Å². The number of nitrogens with zero attached hydrogens (tertiary/aromatic N) is 3. The van der Waals surface area contributed by atoms with E-state index < -0.39 is 17.3 Å². The van der Waals surface area contributed by atoms with E-state index in [1.165, 1.54) is 35.5 Å². The van der Waals surface area contributed by atoms with Crippen LogP contribution in [0.15, 0.2) is 61.2 Å². The van der Waals surface area contributed by atoms with Crippen molar-refractivity contribution in [2.24, 2.45) is 0 Å². The molecule has 0 aliphatic carbocycles. The molecule has 1 atom stereocenters. The van der Waals surface area contributed by atoms with E-state index in [0.29, 0.717) is 10.8 Å². The van der Waals surface area contributed by atoms with Crippen molar-refractivity contribution in [3.63, 3.8) is 0 Å². The molecule has 0 radical (unpaired) electrons. The summed E-state index contributed by atoms with van der Waals surface area (Å²) in [5.74, 6) is 0.497. The molecule has 3 rings (SSSR count). The fourth-order valence-electron chi connectivity index (χ4n) is 2.89. The number of benzene rings is 2. The highest BCUT2D eigenvalue weighted by Gasteiger charge is 2.41. The van der Waals surface area contributed by atoms with Crippen molar-refractivity contribution in [3.8, 4) is 5.75 Å². The summed E-state index contributed by atoms with van der Waals surface area (Å²) in [4.78, 5) is 3.78. The number of aliphatic hydroxyl groups is 1. The van der Waals surface area contributed by atoms with E-state index in [1.54, 1.807) is 24.3 Å². The highest BCUT2D eigenvalue weighted by atomic mass is 35.5. The molecule has 2 aromatic carbocycles. The largest absolute Gasteiger partial charge is 0.493 e. The lowest BCUT2D eigenvalue weighted by Crippen LogP contribution is -2.36. The minimum atomic E-state index is -4.61. The molecule has 0 bridgehead atoms. The minimum Gasteiger partial charge on any atom is -0.493 e. The second kappa shape index (κ2) is 8.20. The average Bonchev–Trinajstić information content (AvgIpc) is 3.15. The first-order valence-corrected chi connectivity index (χ1v) is 8.76. The van der Waals surface area contributed by atoms with Gasteiger partial charge in [0.15, 0.2) is 0 Å². The Kier molecular flexibility index (Phi) is 5.90. The first-order valence-electron chi connectivity index (χ1n) is 8.38. The highest BCUT2D eigenvalue weighted by molar-refractivity contribution is 6.30. The zero-order chi connectivity index (χ0) is 20.2. The van der Waals surface area contributed by atoms with Gasteiger partial charge in [-0.05, 0) is 35.9 Å². The predicted molar refractivity (Wildman–Crippen MR) is 96.9 cm³/mol. The van der Waals surface area contributed by atoms with Crippen LogP contribution < -0.4 is 4.74 Å². The zero-order valence-corrected chi connectivity index (χ0v) is 15.4. The first-order chi connectivity index (χ1) is 13.3. The topological polar surface area (TPSA) is 60.2 Å². The Morgan fingerprint density at radius 3 is 2.32 bits per heavy atom. The Balaban J connectivity index is 1.87. The molecule has 1 aromatic heterocycles. The number of rotatable bonds is 7. The maximum Gasteiger partial charge on any atom is 0.416 e. The third-order valence-corrected chi connectivity index (χ3v) is 4.47. The van der Waals surface area contributed by atoms with E-state index in [0.717, 1.165) is 6.07 Å². The summed E-state index contributed by atoms with van der Waals surface area (Å²) in [7, 11) is 0. The molecule has 0 fully saturated rings. The third-order valence-electron chi connectivity index (χ3n) is 4.22. The van der Waals surface area contributed by atoms with Crippen molar-refractivity contribution in [3.05, 3.63) is 77.3 Å². The van der Waals surface area contributed by atoms with Crippen molar-refractivity contribution in [1.29, 1.82) is 0 Å². The van der Waals surface area contributed by atoms with Crippen LogP contribution in [0.5, 0.6) is 5.75 Å². The quantitative estimate of drug-likeness (QED) is 0.629. The maximum absolute atomic E-state index is 13.5. The molecular weight excluding hydrogens is 395 g/mol. The highest BCUT2D eigenvalue weighted by Crippen LogP contribution is 2.39. The average molecular weight is 412 g/mol. The minimum absolute atomic E-state index is 0.0149. The van der Waals surface area contributed by atoms with E-state index >= 15 is 0 Å². The van der Waals surface area contributed by atoms with Crippen LogP contribution >= 0.6 is 11.6 Å². The molecule has 0 saturated carbocycles. The summed E-state index contributed by atoms with van der Waals surface area (Å²) < 4.78 is 47.3. The molecule has 1 heterocycles. The van der Waals surface area contributed by atoms with Gasteiger partial charge in [-0.25, -0.2) is 9.67 Å². The Morgan fingerprint density at radius 1 is 1.04 bits per heavy atom. The molecule has 0 saturated heterocycles. The molecule has 0 aliphatic rings. The van der Waals surface area contributed by atoms with Gasteiger partial charge in [0.1, 0.15) is 24.0 Å². The zero-order valence-electron chi connectivity index (χ0n) is 14.6. The Hall–Kier alpha value is -2.58. The van der Waals surface area contributed by atoms with Crippen LogP contribution in [-0.2, 0) is 18.3 Å². The van der Waals surface area contributed by atoms with Gasteiger partial charge >= 0.3 is 6.18 Å². The maximum atomic E-state index is 13.5. The van der Waals surface area contributed by atoms with E-state index in [4.69, 9.17) is 16.3 Å². The van der Waals surface area contributed by atoms with Crippen molar-refractivity contribution in [2.45, 2.75) is 24.7 Å². The van der Waals surface area contributed by atoms with Crippen molar-refractivity contribution in [1.82, 2.24) is 14.8 Å². The SMILES string of the molecule is OC(CCOc1ccc(Cl)cc1)(Cn1cncn1)c1ccccc1C(F)(F)F. The second-order valence-electron chi connectivity index (χ2n) is 6.22. The molecule has 3 aromatic rings. The lowest BCUT2D eigenvalue weighted by atomic mass is 9.86. The summed E-state index contributed by atoms with van der Waals surface area (Å²) in [6.45, 7) is -0.219. The summed E-state index contributed by atoms with van der Waals surface area (Å²) in [5.41, 5.74) is -3.01. The molecule has 9 heteroatoms. The number of halogens is 4. The summed E-state index contributed by atoms with van der Waals surface area (Å²) in [6.07, 6.45) is -2.12. The molecule has 0 aliphatic heterocycles. The van der Waals surface area contributed by atoms with E-state index in [-0.39, 0.29) is 25.1 Å². The monoisotopic (exact) mass is 411 g/mol. The molecule has 1 unspecified atom stereocenters. The van der Waals surface area contributed by atoms with Gasteiger partial charge in [-0.3, -0.25) is 0 Å². The van der Waals surface area contributed by atoms with Gasteiger partial charge in [-0.2, -0.15) is 18.3 Å². The van der Waals surface area contributed by atoms with E-state index in [9.17, 15) is 18.3 Å². The number of hydrogen-bond acceptors (Lipinski definition) is 4. The summed E-state index contributed by atoms with van der Waals surface area (Å²) >= 11 is 5.82. The molecule has 28 heavy (non-hydrogen) atoms. The van der Waals surface area contributed by atoms with Crippen molar-refractivity contribution >= 4 is 11.6 Å². The second-order valence-corrected chi connectivity index (χ2v) is 6.66. The van der Waals surface area contributed by atoms with Crippen LogP contribution in [0.4, 0.5) is 13.2 Å². The Labute approximate surface area is 164 Å². The van der Waals surface area contributed by atoms with Crippen molar-refractivity contribution < 1.29 is 23.0 Å². The van der Waals surface area contributed by atoms with Gasteiger partial charge in [0, 0.05) is 11.4 Å². The van der Waals surface area contributed by atoms with Gasteiger partial charge in [0.05, 0.1) is 18.7 Å². The molecule has 148 valence electrons. The van der Waals surface area contributed by atoms with E-state index in [1.807, 2.05) is 0 Å². The van der Waals surface area contributed by atoms with Crippen LogP contribution in [-0.4, -0.2) is 26.5 Å². The fourth-order valence-corrected chi connectivity index (χ4v) is 3.01. The van der Waals surface area contributed by atoms with Crippen LogP contribution in [0.2, 0.25) is 5.02 Å². The molecular formula is C19H17ClF3N3O2. The van der Waals surface area contributed by atoms with Crippen molar-refractivity contribution in [2.75, 3.05) is 6.61 Å². The lowest BCUT2D eigenvalue weighted by molar-refractivity contribution is -0.141. The smallest absolute Gasteiger partial charge is 0.416 e. The summed E-state index contributed by atoms with van der Waals surface area (Å²) in [6, 6.07) is 11.5. The number of aromatic nitrogens is 3. The van der Waals surface area contributed by atoms with Gasteiger partial charge < -0.3 is 9.84 Å². The number of ether oxygens (including phenoxy) is 1. The first kappa shape index (κ1) is 20.2. The Bertz CT molecular complexity index is 902. The molecule has 5 nitrogen and oxygen atoms in total. The molecule has 1 N–H and O–H groups in total. The molecule has 0 spiro atoms. The van der Waals surface area contributed by atoms with Gasteiger partial charge in [-0.15, -0.1) is 0 Å². The molecule has 0 amide bonds. The van der Waals surface area contributed by atoms with Crippen LogP contribution in [0.25, 0.3) is 0 Å². The fraction of sp³-hybridized carbons (Fsp3) is 0.263. The normalized spacial score (nSPS) is 13.9.